The van der Waals surface area contributed by atoms with Gasteiger partial charge in [-0.3, -0.25) is 10.1 Å². The Morgan fingerprint density at radius 3 is 2.41 bits per heavy atom. The van der Waals surface area contributed by atoms with E-state index in [9.17, 15) is 31.5 Å². The van der Waals surface area contributed by atoms with Gasteiger partial charge in [0.25, 0.3) is 0 Å². The number of benzene rings is 3. The monoisotopic (exact) mass is 573 g/mol. The number of fused-ring (bicyclic) bond motifs is 2. The van der Waals surface area contributed by atoms with Crippen molar-refractivity contribution in [3.63, 3.8) is 0 Å². The molecule has 41 heavy (non-hydrogen) atoms. The minimum absolute atomic E-state index is 0.0952. The van der Waals surface area contributed by atoms with Crippen LogP contribution in [0.5, 0.6) is 0 Å². The number of likely N-dealkylation sites (tertiary alicyclic amines) is 1. The Bertz CT molecular complexity index is 1420. The predicted octanol–water partition coefficient (Wildman–Crippen LogP) is 6.33. The molecular weight excluding hydrogens is 545 g/mol. The lowest BCUT2D eigenvalue weighted by Crippen LogP contribution is -2.48. The second kappa shape index (κ2) is 11.5. The van der Waals surface area contributed by atoms with Gasteiger partial charge in [0.1, 0.15) is 17.2 Å². The lowest BCUT2D eigenvalue weighted by molar-refractivity contribution is -0.137. The zero-order chi connectivity index (χ0) is 29.2. The summed E-state index contributed by atoms with van der Waals surface area (Å²) in [4.78, 5) is 27.6. The van der Waals surface area contributed by atoms with Crippen LogP contribution in [0.4, 0.5) is 32.4 Å². The molecule has 0 saturated carbocycles. The fourth-order valence-corrected chi connectivity index (χ4v) is 5.51. The van der Waals surface area contributed by atoms with E-state index in [4.69, 9.17) is 4.74 Å². The smallest absolute Gasteiger partial charge is 0.416 e. The summed E-state index contributed by atoms with van der Waals surface area (Å²) in [5.74, 6) is -1.95. The Balaban J connectivity index is 1.25. The molecule has 2 N–H and O–H groups in total. The van der Waals surface area contributed by atoms with Crippen molar-refractivity contribution in [2.24, 2.45) is 0 Å². The summed E-state index contributed by atoms with van der Waals surface area (Å²) in [6, 6.07) is 14.5. The van der Waals surface area contributed by atoms with Crippen LogP contribution in [-0.4, -0.2) is 36.5 Å². The van der Waals surface area contributed by atoms with Crippen molar-refractivity contribution < 1.29 is 36.3 Å². The van der Waals surface area contributed by atoms with Crippen molar-refractivity contribution in [3.05, 3.63) is 101 Å². The van der Waals surface area contributed by atoms with Crippen LogP contribution in [-0.2, 0) is 27.9 Å². The second-order valence-electron chi connectivity index (χ2n) is 10.3. The van der Waals surface area contributed by atoms with Crippen molar-refractivity contribution in [2.75, 3.05) is 25.0 Å². The number of anilines is 1. The molecule has 2 amide bonds. The molecule has 3 aromatic rings. The number of carbonyl (C=O) groups excluding carboxylic acids is 2. The van der Waals surface area contributed by atoms with E-state index in [2.05, 4.69) is 15.5 Å². The summed E-state index contributed by atoms with van der Waals surface area (Å²) in [5, 5.41) is 5.34. The summed E-state index contributed by atoms with van der Waals surface area (Å²) in [6.45, 7) is 1.43. The second-order valence-corrected chi connectivity index (χ2v) is 10.3. The highest BCUT2D eigenvalue weighted by Gasteiger charge is 2.44. The van der Waals surface area contributed by atoms with Gasteiger partial charge >= 0.3 is 12.3 Å². The van der Waals surface area contributed by atoms with Gasteiger partial charge in [-0.2, -0.15) is 13.2 Å². The number of amides is 2. The van der Waals surface area contributed by atoms with E-state index in [1.165, 1.54) is 54.6 Å². The third kappa shape index (κ3) is 6.51. The number of piperidine rings is 1. The van der Waals surface area contributed by atoms with Crippen molar-refractivity contribution in [2.45, 2.75) is 43.5 Å². The van der Waals surface area contributed by atoms with E-state index in [0.717, 1.165) is 12.1 Å². The third-order valence-corrected chi connectivity index (χ3v) is 7.70. The molecule has 0 aliphatic carbocycles. The van der Waals surface area contributed by atoms with E-state index in [1.54, 1.807) is 0 Å². The summed E-state index contributed by atoms with van der Waals surface area (Å²) < 4.78 is 72.6. The molecule has 1 fully saturated rings. The topological polar surface area (TPSA) is 70.7 Å². The van der Waals surface area contributed by atoms with Gasteiger partial charge in [-0.05, 0) is 66.6 Å². The molecule has 2 heterocycles. The fourth-order valence-electron chi connectivity index (χ4n) is 5.51. The first-order valence-electron chi connectivity index (χ1n) is 13.2. The maximum atomic E-state index is 14.0. The molecule has 6 nitrogen and oxygen atoms in total. The van der Waals surface area contributed by atoms with Crippen molar-refractivity contribution in [1.82, 2.24) is 10.2 Å². The first kappa shape index (κ1) is 28.5. The zero-order valence-corrected chi connectivity index (χ0v) is 21.9. The first-order chi connectivity index (χ1) is 19.5. The Labute approximate surface area is 233 Å². The molecule has 216 valence electrons. The van der Waals surface area contributed by atoms with Gasteiger partial charge in [0.15, 0.2) is 0 Å². The SMILES string of the molecule is O=C1Nc2ccc(F)cc2C2(CCN(CCC(C(=O)NCc3cccc(C(F)(F)F)c3)c3ccc(F)cc3)CC2)O1. The fraction of sp³-hybridized carbons (Fsp3) is 0.333. The first-order valence-corrected chi connectivity index (χ1v) is 13.2. The molecule has 1 unspecified atom stereocenters. The maximum absolute atomic E-state index is 14.0. The Morgan fingerprint density at radius 1 is 1.00 bits per heavy atom. The molecule has 2 aliphatic heterocycles. The predicted molar refractivity (Wildman–Crippen MR) is 141 cm³/mol. The van der Waals surface area contributed by atoms with Crippen molar-refractivity contribution >= 4 is 17.7 Å². The van der Waals surface area contributed by atoms with Crippen LogP contribution in [0, 0.1) is 11.6 Å². The Hall–Kier alpha value is -3.99. The number of hydrogen-bond donors (Lipinski definition) is 2. The summed E-state index contributed by atoms with van der Waals surface area (Å²) >= 11 is 0. The van der Waals surface area contributed by atoms with Crippen LogP contribution in [0.2, 0.25) is 0 Å². The normalized spacial score (nSPS) is 17.3. The lowest BCUT2D eigenvalue weighted by atomic mass is 9.82. The van der Waals surface area contributed by atoms with E-state index >= 15 is 0 Å². The average molecular weight is 574 g/mol. The summed E-state index contributed by atoms with van der Waals surface area (Å²) in [7, 11) is 0. The highest BCUT2D eigenvalue weighted by molar-refractivity contribution is 5.89. The molecule has 1 atom stereocenters. The van der Waals surface area contributed by atoms with Gasteiger partial charge in [-0.1, -0.05) is 24.3 Å². The summed E-state index contributed by atoms with van der Waals surface area (Å²) in [6.07, 6.45) is -3.86. The quantitative estimate of drug-likeness (QED) is 0.325. The molecule has 0 bridgehead atoms. The molecule has 0 aromatic heterocycles. The molecule has 1 saturated heterocycles. The Kier molecular flexibility index (Phi) is 7.99. The Morgan fingerprint density at radius 2 is 1.71 bits per heavy atom. The van der Waals surface area contributed by atoms with E-state index < -0.39 is 41.0 Å². The number of rotatable bonds is 7. The van der Waals surface area contributed by atoms with E-state index in [-0.39, 0.29) is 12.5 Å². The molecule has 0 radical (unpaired) electrons. The molecule has 2 aliphatic rings. The van der Waals surface area contributed by atoms with Crippen LogP contribution in [0.25, 0.3) is 0 Å². The van der Waals surface area contributed by atoms with Gasteiger partial charge in [-0.25, -0.2) is 13.6 Å². The summed E-state index contributed by atoms with van der Waals surface area (Å²) in [5.41, 5.74) is 0.250. The van der Waals surface area contributed by atoms with Crippen LogP contribution in [0.1, 0.15) is 47.4 Å². The molecule has 5 rings (SSSR count). The van der Waals surface area contributed by atoms with Gasteiger partial charge in [0, 0.05) is 38.0 Å². The van der Waals surface area contributed by atoms with Crippen LogP contribution in [0.3, 0.4) is 0 Å². The zero-order valence-electron chi connectivity index (χ0n) is 21.9. The van der Waals surface area contributed by atoms with Crippen LogP contribution >= 0.6 is 0 Å². The molecule has 11 heteroatoms. The maximum Gasteiger partial charge on any atom is 0.416 e. The minimum Gasteiger partial charge on any atom is -0.438 e. The standard InChI is InChI=1S/C30H28F5N3O3/c31-22-6-4-20(5-7-22)24(27(39)36-18-19-2-1-3-21(16-19)30(33,34)35)10-13-38-14-11-29(12-15-38)25-17-23(32)8-9-26(25)37-28(40)41-29/h1-9,16-17,24H,10-15,18H2,(H,36,39)(H,37,40). The highest BCUT2D eigenvalue weighted by Crippen LogP contribution is 2.44. The lowest BCUT2D eigenvalue weighted by Gasteiger charge is -2.44. The number of halogens is 5. The van der Waals surface area contributed by atoms with Gasteiger partial charge in [0.2, 0.25) is 5.91 Å². The van der Waals surface area contributed by atoms with Gasteiger partial charge in [-0.15, -0.1) is 0 Å². The largest absolute Gasteiger partial charge is 0.438 e. The number of alkyl halides is 3. The number of nitrogens with one attached hydrogen (secondary N) is 2. The van der Waals surface area contributed by atoms with Crippen LogP contribution in [0.15, 0.2) is 66.7 Å². The van der Waals surface area contributed by atoms with Gasteiger partial charge in [0.05, 0.1) is 17.2 Å². The third-order valence-electron chi connectivity index (χ3n) is 7.70. The van der Waals surface area contributed by atoms with E-state index in [0.29, 0.717) is 61.3 Å². The molecular formula is C30H28F5N3O3. The highest BCUT2D eigenvalue weighted by atomic mass is 19.4. The van der Waals surface area contributed by atoms with Gasteiger partial charge < -0.3 is 15.0 Å². The number of nitrogens with zero attached hydrogens (tertiary/aromatic N) is 1. The molecule has 1 spiro atoms. The number of ether oxygens (including phenoxy) is 1. The van der Waals surface area contributed by atoms with E-state index in [1.807, 2.05) is 0 Å². The number of hydrogen-bond acceptors (Lipinski definition) is 4. The van der Waals surface area contributed by atoms with Crippen molar-refractivity contribution in [1.29, 1.82) is 0 Å². The average Bonchev–Trinajstić information content (AvgIpc) is 2.94. The number of carbonyl (C=O) groups is 2. The minimum atomic E-state index is -4.49. The molecule has 3 aromatic carbocycles. The van der Waals surface area contributed by atoms with Crippen molar-refractivity contribution in [3.8, 4) is 0 Å². The van der Waals surface area contributed by atoms with Crippen LogP contribution < -0.4 is 10.6 Å².